The van der Waals surface area contributed by atoms with Crippen molar-refractivity contribution < 1.29 is 9.66 Å². The lowest BCUT2D eigenvalue weighted by atomic mass is 9.96. The molecule has 5 rings (SSSR count). The number of hydrogen-bond donors (Lipinski definition) is 0. The maximum atomic E-state index is 11.3. The molecule has 2 heterocycles. The standard InChI is InChI=1S/C22H16ClN3O3/c23-18-11-10-15(26(27)28)12-17(18)22-25-20(16-8-4-5-9-21(16)29-22)13-19(24-25)14-6-2-1-3-7-14/h1-12,20,22H,13H2/t20-,22+/m0/s1. The number of para-hydroxylation sites is 1. The quantitative estimate of drug-likeness (QED) is 0.426. The Morgan fingerprint density at radius 2 is 1.79 bits per heavy atom. The lowest BCUT2D eigenvalue weighted by Gasteiger charge is -2.38. The monoisotopic (exact) mass is 405 g/mol. The predicted molar refractivity (Wildman–Crippen MR) is 110 cm³/mol. The molecular weight excluding hydrogens is 390 g/mol. The van der Waals surface area contributed by atoms with Crippen LogP contribution in [0.5, 0.6) is 5.75 Å². The van der Waals surface area contributed by atoms with Gasteiger partial charge >= 0.3 is 0 Å². The zero-order chi connectivity index (χ0) is 20.0. The normalized spacial score (nSPS) is 19.8. The Labute approximate surface area is 172 Å². The van der Waals surface area contributed by atoms with E-state index in [9.17, 15) is 10.1 Å². The molecule has 0 spiro atoms. The summed E-state index contributed by atoms with van der Waals surface area (Å²) >= 11 is 6.43. The molecule has 0 saturated carbocycles. The van der Waals surface area contributed by atoms with Gasteiger partial charge in [0.25, 0.3) is 5.69 Å². The molecule has 144 valence electrons. The molecule has 3 aromatic rings. The van der Waals surface area contributed by atoms with Gasteiger partial charge in [-0.1, -0.05) is 60.1 Å². The first kappa shape index (κ1) is 17.7. The van der Waals surface area contributed by atoms with Gasteiger partial charge in [0.15, 0.2) is 0 Å². The third-order valence-electron chi connectivity index (χ3n) is 5.26. The first-order valence-electron chi connectivity index (χ1n) is 9.22. The van der Waals surface area contributed by atoms with E-state index in [2.05, 4.69) is 0 Å². The summed E-state index contributed by atoms with van der Waals surface area (Å²) in [5.41, 5.74) is 3.53. The number of hydrazone groups is 1. The molecule has 0 saturated heterocycles. The van der Waals surface area contributed by atoms with Crippen molar-refractivity contribution in [2.24, 2.45) is 5.10 Å². The van der Waals surface area contributed by atoms with E-state index >= 15 is 0 Å². The van der Waals surface area contributed by atoms with Gasteiger partial charge in [-0.2, -0.15) is 5.10 Å². The van der Waals surface area contributed by atoms with Gasteiger partial charge in [0.05, 0.1) is 16.7 Å². The number of halogens is 1. The van der Waals surface area contributed by atoms with E-state index in [1.807, 2.05) is 59.6 Å². The summed E-state index contributed by atoms with van der Waals surface area (Å²) in [5.74, 6) is 0.742. The van der Waals surface area contributed by atoms with Crippen molar-refractivity contribution in [1.29, 1.82) is 0 Å². The summed E-state index contributed by atoms with van der Waals surface area (Å²) in [6.07, 6.45) is 0.0662. The summed E-state index contributed by atoms with van der Waals surface area (Å²) in [4.78, 5) is 10.9. The van der Waals surface area contributed by atoms with Crippen LogP contribution < -0.4 is 4.74 Å². The number of non-ortho nitro benzene ring substituents is 1. The summed E-state index contributed by atoms with van der Waals surface area (Å²) in [6.45, 7) is 0. The smallest absolute Gasteiger partial charge is 0.270 e. The first-order valence-corrected chi connectivity index (χ1v) is 9.60. The highest BCUT2D eigenvalue weighted by molar-refractivity contribution is 6.31. The highest BCUT2D eigenvalue weighted by Gasteiger charge is 2.41. The molecule has 0 aliphatic carbocycles. The van der Waals surface area contributed by atoms with Crippen LogP contribution in [0, 0.1) is 10.1 Å². The van der Waals surface area contributed by atoms with Gasteiger partial charge < -0.3 is 4.74 Å². The van der Waals surface area contributed by atoms with Gasteiger partial charge in [-0.15, -0.1) is 0 Å². The van der Waals surface area contributed by atoms with Crippen molar-refractivity contribution in [2.75, 3.05) is 0 Å². The molecule has 29 heavy (non-hydrogen) atoms. The largest absolute Gasteiger partial charge is 0.464 e. The number of rotatable bonds is 3. The number of ether oxygens (including phenoxy) is 1. The lowest BCUT2D eigenvalue weighted by molar-refractivity contribution is -0.385. The number of nitro groups is 1. The highest BCUT2D eigenvalue weighted by Crippen LogP contribution is 2.48. The second-order valence-corrected chi connectivity index (χ2v) is 7.39. The van der Waals surface area contributed by atoms with Crippen molar-refractivity contribution in [1.82, 2.24) is 5.01 Å². The highest BCUT2D eigenvalue weighted by atomic mass is 35.5. The number of hydrogen-bond acceptors (Lipinski definition) is 5. The zero-order valence-corrected chi connectivity index (χ0v) is 16.0. The van der Waals surface area contributed by atoms with Gasteiger partial charge in [0.2, 0.25) is 6.23 Å². The van der Waals surface area contributed by atoms with Crippen molar-refractivity contribution in [3.05, 3.63) is 105 Å². The Bertz CT molecular complexity index is 1130. The Kier molecular flexibility index (Phi) is 4.21. The second kappa shape index (κ2) is 6.90. The Morgan fingerprint density at radius 3 is 2.59 bits per heavy atom. The van der Waals surface area contributed by atoms with Crippen LogP contribution in [0.4, 0.5) is 5.69 Å². The molecule has 2 atom stereocenters. The van der Waals surface area contributed by atoms with Crippen LogP contribution in [0.2, 0.25) is 5.02 Å². The molecule has 0 bridgehead atoms. The Hall–Kier alpha value is -3.38. The molecular formula is C22H16ClN3O3. The zero-order valence-electron chi connectivity index (χ0n) is 15.2. The van der Waals surface area contributed by atoms with Gasteiger partial charge in [0, 0.05) is 34.7 Å². The summed E-state index contributed by atoms with van der Waals surface area (Å²) in [7, 11) is 0. The number of fused-ring (bicyclic) bond motifs is 3. The minimum absolute atomic E-state index is 0.0320. The van der Waals surface area contributed by atoms with Gasteiger partial charge in [-0.05, 0) is 17.7 Å². The average Bonchev–Trinajstić information content (AvgIpc) is 3.20. The molecule has 2 aliphatic heterocycles. The number of nitrogens with zero attached hydrogens (tertiary/aromatic N) is 3. The van der Waals surface area contributed by atoms with E-state index in [4.69, 9.17) is 21.4 Å². The summed E-state index contributed by atoms with van der Waals surface area (Å²) in [5, 5.41) is 18.4. The molecule has 0 aromatic heterocycles. The SMILES string of the molecule is O=[N+]([O-])c1ccc(Cl)c([C@H]2Oc3ccccc3[C@@H]3CC(c4ccccc4)=NN23)c1. The van der Waals surface area contributed by atoms with E-state index in [1.54, 1.807) is 0 Å². The number of nitro benzene ring substituents is 1. The molecule has 0 N–H and O–H groups in total. The van der Waals surface area contributed by atoms with Crippen LogP contribution in [0.25, 0.3) is 0 Å². The molecule has 0 fully saturated rings. The Balaban J connectivity index is 1.63. The lowest BCUT2D eigenvalue weighted by Crippen LogP contribution is -2.33. The maximum Gasteiger partial charge on any atom is 0.270 e. The molecule has 2 aliphatic rings. The van der Waals surface area contributed by atoms with E-state index < -0.39 is 11.2 Å². The van der Waals surface area contributed by atoms with E-state index in [-0.39, 0.29) is 11.7 Å². The topological polar surface area (TPSA) is 68.0 Å². The van der Waals surface area contributed by atoms with Crippen molar-refractivity contribution >= 4 is 23.0 Å². The Morgan fingerprint density at radius 1 is 1.03 bits per heavy atom. The fraction of sp³-hybridized carbons (Fsp3) is 0.136. The van der Waals surface area contributed by atoms with Crippen LogP contribution in [0.15, 0.2) is 77.9 Å². The predicted octanol–water partition coefficient (Wildman–Crippen LogP) is 5.49. The van der Waals surface area contributed by atoms with Crippen LogP contribution >= 0.6 is 11.6 Å². The van der Waals surface area contributed by atoms with E-state index in [0.717, 1.165) is 22.6 Å². The van der Waals surface area contributed by atoms with Crippen LogP contribution in [0.1, 0.15) is 35.4 Å². The summed E-state index contributed by atoms with van der Waals surface area (Å²) < 4.78 is 6.24. The molecule has 6 nitrogen and oxygen atoms in total. The minimum atomic E-state index is -0.650. The van der Waals surface area contributed by atoms with Crippen LogP contribution in [-0.4, -0.2) is 15.6 Å². The summed E-state index contributed by atoms with van der Waals surface area (Å²) in [6, 6.07) is 22.2. The molecule has 0 radical (unpaired) electrons. The van der Waals surface area contributed by atoms with Gasteiger partial charge in [0.1, 0.15) is 5.75 Å². The minimum Gasteiger partial charge on any atom is -0.464 e. The third kappa shape index (κ3) is 3.02. The van der Waals surface area contributed by atoms with Gasteiger partial charge in [-0.3, -0.25) is 10.1 Å². The maximum absolute atomic E-state index is 11.3. The van der Waals surface area contributed by atoms with Crippen LogP contribution in [-0.2, 0) is 0 Å². The van der Waals surface area contributed by atoms with Gasteiger partial charge in [-0.25, -0.2) is 5.01 Å². The van der Waals surface area contributed by atoms with Crippen molar-refractivity contribution in [3.8, 4) is 5.75 Å². The first-order chi connectivity index (χ1) is 14.1. The third-order valence-corrected chi connectivity index (χ3v) is 5.61. The molecule has 3 aromatic carbocycles. The van der Waals surface area contributed by atoms with Crippen molar-refractivity contribution in [3.63, 3.8) is 0 Å². The molecule has 0 amide bonds. The second-order valence-electron chi connectivity index (χ2n) is 6.98. The fourth-order valence-electron chi connectivity index (χ4n) is 3.88. The average molecular weight is 406 g/mol. The van der Waals surface area contributed by atoms with Crippen molar-refractivity contribution in [2.45, 2.75) is 18.7 Å². The van der Waals surface area contributed by atoms with E-state index in [0.29, 0.717) is 17.0 Å². The molecule has 7 heteroatoms. The number of benzene rings is 3. The molecule has 0 unspecified atom stereocenters. The van der Waals surface area contributed by atoms with E-state index in [1.165, 1.54) is 18.2 Å². The van der Waals surface area contributed by atoms with Crippen LogP contribution in [0.3, 0.4) is 0 Å². The fourth-order valence-corrected chi connectivity index (χ4v) is 4.09.